The first-order chi connectivity index (χ1) is 9.58. The Balaban J connectivity index is 2.18. The second-order valence-electron chi connectivity index (χ2n) is 4.95. The molecule has 2 rings (SSSR count). The summed E-state index contributed by atoms with van der Waals surface area (Å²) in [6.07, 6.45) is 0.957. The summed E-state index contributed by atoms with van der Waals surface area (Å²) in [5, 5.41) is 2.93. The number of thiazole rings is 1. The quantitative estimate of drug-likeness (QED) is 0.897. The molecule has 0 fully saturated rings. The van der Waals surface area contributed by atoms with Crippen LogP contribution in [-0.4, -0.2) is 17.4 Å². The smallest absolute Gasteiger partial charge is 0.263 e. The minimum Gasteiger partial charge on any atom is -0.351 e. The minimum absolute atomic E-state index is 0.103. The Morgan fingerprint density at radius 1 is 1.35 bits per heavy atom. The number of aromatic nitrogens is 1. The van der Waals surface area contributed by atoms with Crippen LogP contribution in [0.3, 0.4) is 0 Å². The molecule has 1 N–H and O–H groups in total. The van der Waals surface area contributed by atoms with Gasteiger partial charge in [0, 0.05) is 12.1 Å². The molecule has 0 aliphatic heterocycles. The zero-order chi connectivity index (χ0) is 14.5. The van der Waals surface area contributed by atoms with E-state index in [2.05, 4.69) is 24.1 Å². The predicted octanol–water partition coefficient (Wildman–Crippen LogP) is 4.24. The number of nitrogens with zero attached hydrogens (tertiary/aromatic N) is 1. The molecular weight excluding hydrogens is 292 g/mol. The lowest BCUT2D eigenvalue weighted by Crippen LogP contribution is -2.25. The van der Waals surface area contributed by atoms with Gasteiger partial charge in [0.1, 0.15) is 4.88 Å². The lowest BCUT2D eigenvalue weighted by molar-refractivity contribution is 0.0956. The number of hydrogen-bond donors (Lipinski definition) is 1. The molecule has 0 saturated heterocycles. The van der Waals surface area contributed by atoms with E-state index in [1.807, 2.05) is 30.3 Å². The van der Waals surface area contributed by atoms with Gasteiger partial charge in [0.2, 0.25) is 0 Å². The van der Waals surface area contributed by atoms with Gasteiger partial charge in [-0.3, -0.25) is 4.79 Å². The maximum atomic E-state index is 12.2. The van der Waals surface area contributed by atoms with Crippen LogP contribution in [-0.2, 0) is 0 Å². The van der Waals surface area contributed by atoms with Crippen molar-refractivity contribution in [1.29, 1.82) is 0 Å². The highest BCUT2D eigenvalue weighted by Gasteiger charge is 2.18. The average Bonchev–Trinajstić information content (AvgIpc) is 2.81. The number of benzene rings is 1. The molecule has 20 heavy (non-hydrogen) atoms. The van der Waals surface area contributed by atoms with Gasteiger partial charge in [-0.15, -0.1) is 0 Å². The number of halogens is 1. The standard InChI is InChI=1S/C15H17ClN2OS/c1-10(2)8-9-17-14(19)13-12(18-15(16)20-13)11-6-4-3-5-7-11/h3-7,10H,8-9H2,1-2H3,(H,17,19). The van der Waals surface area contributed by atoms with Crippen LogP contribution in [0.1, 0.15) is 29.9 Å². The Morgan fingerprint density at radius 3 is 2.70 bits per heavy atom. The number of rotatable bonds is 5. The fraction of sp³-hybridized carbons (Fsp3) is 0.333. The van der Waals surface area contributed by atoms with E-state index in [0.29, 0.717) is 27.5 Å². The van der Waals surface area contributed by atoms with E-state index < -0.39 is 0 Å². The van der Waals surface area contributed by atoms with Gasteiger partial charge in [-0.1, -0.05) is 67.1 Å². The van der Waals surface area contributed by atoms with Crippen LogP contribution < -0.4 is 5.32 Å². The third-order valence-electron chi connectivity index (χ3n) is 2.86. The van der Waals surface area contributed by atoms with Gasteiger partial charge in [-0.25, -0.2) is 4.98 Å². The van der Waals surface area contributed by atoms with Gasteiger partial charge in [0.05, 0.1) is 5.69 Å². The second kappa shape index (κ2) is 6.86. The Labute approximate surface area is 128 Å². The summed E-state index contributed by atoms with van der Waals surface area (Å²) >= 11 is 7.19. The zero-order valence-electron chi connectivity index (χ0n) is 11.5. The first-order valence-corrected chi connectivity index (χ1v) is 7.77. The summed E-state index contributed by atoms with van der Waals surface area (Å²) in [7, 11) is 0. The van der Waals surface area contributed by atoms with Crippen LogP contribution in [0.4, 0.5) is 0 Å². The zero-order valence-corrected chi connectivity index (χ0v) is 13.1. The van der Waals surface area contributed by atoms with Crippen molar-refractivity contribution < 1.29 is 4.79 Å². The molecule has 0 saturated carbocycles. The van der Waals surface area contributed by atoms with Crippen LogP contribution >= 0.6 is 22.9 Å². The van der Waals surface area contributed by atoms with E-state index in [4.69, 9.17) is 11.6 Å². The van der Waals surface area contributed by atoms with Gasteiger partial charge in [0.25, 0.3) is 5.91 Å². The summed E-state index contributed by atoms with van der Waals surface area (Å²) in [5.41, 5.74) is 1.56. The van der Waals surface area contributed by atoms with E-state index >= 15 is 0 Å². The maximum Gasteiger partial charge on any atom is 0.263 e. The van der Waals surface area contributed by atoms with Crippen LogP contribution in [0.15, 0.2) is 30.3 Å². The number of carbonyl (C=O) groups excluding carboxylic acids is 1. The number of amides is 1. The maximum absolute atomic E-state index is 12.2. The number of carbonyl (C=O) groups is 1. The highest BCUT2D eigenvalue weighted by atomic mass is 35.5. The van der Waals surface area contributed by atoms with Gasteiger partial charge < -0.3 is 5.32 Å². The molecule has 0 aliphatic carbocycles. The summed E-state index contributed by atoms with van der Waals surface area (Å²) in [6.45, 7) is 4.93. The lowest BCUT2D eigenvalue weighted by atomic mass is 10.1. The minimum atomic E-state index is -0.103. The topological polar surface area (TPSA) is 42.0 Å². The van der Waals surface area contributed by atoms with Crippen LogP contribution in [0.2, 0.25) is 4.47 Å². The van der Waals surface area contributed by atoms with Crippen molar-refractivity contribution in [2.45, 2.75) is 20.3 Å². The van der Waals surface area contributed by atoms with Crippen molar-refractivity contribution in [3.63, 3.8) is 0 Å². The van der Waals surface area contributed by atoms with E-state index in [1.165, 1.54) is 11.3 Å². The fourth-order valence-corrected chi connectivity index (χ4v) is 2.84. The van der Waals surface area contributed by atoms with Gasteiger partial charge >= 0.3 is 0 Å². The van der Waals surface area contributed by atoms with E-state index in [9.17, 15) is 4.79 Å². The first kappa shape index (κ1) is 15.0. The molecule has 0 spiro atoms. The summed E-state index contributed by atoms with van der Waals surface area (Å²) in [4.78, 5) is 17.1. The van der Waals surface area contributed by atoms with Crippen molar-refractivity contribution in [1.82, 2.24) is 10.3 Å². The van der Waals surface area contributed by atoms with Gasteiger partial charge in [0.15, 0.2) is 4.47 Å². The Morgan fingerprint density at radius 2 is 2.05 bits per heavy atom. The van der Waals surface area contributed by atoms with Crippen LogP contribution in [0.5, 0.6) is 0 Å². The summed E-state index contributed by atoms with van der Waals surface area (Å²) in [5.74, 6) is 0.461. The predicted molar refractivity (Wildman–Crippen MR) is 84.3 cm³/mol. The van der Waals surface area contributed by atoms with Gasteiger partial charge in [-0.05, 0) is 12.3 Å². The Kier molecular flexibility index (Phi) is 5.15. The molecule has 106 valence electrons. The van der Waals surface area contributed by atoms with Gasteiger partial charge in [-0.2, -0.15) is 0 Å². The van der Waals surface area contributed by atoms with Crippen molar-refractivity contribution in [3.8, 4) is 11.3 Å². The van der Waals surface area contributed by atoms with E-state index in [1.54, 1.807) is 0 Å². The normalized spacial score (nSPS) is 10.8. The van der Waals surface area contributed by atoms with E-state index in [0.717, 1.165) is 12.0 Å². The largest absolute Gasteiger partial charge is 0.351 e. The molecule has 0 radical (unpaired) electrons. The van der Waals surface area contributed by atoms with Crippen molar-refractivity contribution >= 4 is 28.8 Å². The molecule has 1 aromatic carbocycles. The first-order valence-electron chi connectivity index (χ1n) is 6.58. The molecule has 5 heteroatoms. The van der Waals surface area contributed by atoms with Crippen molar-refractivity contribution in [3.05, 3.63) is 39.7 Å². The van der Waals surface area contributed by atoms with Crippen molar-refractivity contribution in [2.24, 2.45) is 5.92 Å². The third-order valence-corrected chi connectivity index (χ3v) is 4.02. The summed E-state index contributed by atoms with van der Waals surface area (Å²) in [6, 6.07) is 9.62. The molecule has 1 aromatic heterocycles. The van der Waals surface area contributed by atoms with E-state index in [-0.39, 0.29) is 5.91 Å². The Hall–Kier alpha value is -1.39. The third kappa shape index (κ3) is 3.81. The fourth-order valence-electron chi connectivity index (χ4n) is 1.79. The molecular formula is C15H17ClN2OS. The SMILES string of the molecule is CC(C)CCNC(=O)c1sc(Cl)nc1-c1ccccc1. The molecule has 1 amide bonds. The molecule has 0 unspecified atom stereocenters. The van der Waals surface area contributed by atoms with Crippen LogP contribution in [0, 0.1) is 5.92 Å². The van der Waals surface area contributed by atoms with Crippen molar-refractivity contribution in [2.75, 3.05) is 6.54 Å². The monoisotopic (exact) mass is 308 g/mol. The molecule has 1 heterocycles. The second-order valence-corrected chi connectivity index (χ2v) is 6.53. The summed E-state index contributed by atoms with van der Waals surface area (Å²) < 4.78 is 0.387. The molecule has 0 atom stereocenters. The lowest BCUT2D eigenvalue weighted by Gasteiger charge is -2.07. The number of hydrogen-bond acceptors (Lipinski definition) is 3. The number of nitrogens with one attached hydrogen (secondary N) is 1. The highest BCUT2D eigenvalue weighted by Crippen LogP contribution is 2.30. The molecule has 0 bridgehead atoms. The molecule has 3 nitrogen and oxygen atoms in total. The average molecular weight is 309 g/mol. The Bertz CT molecular complexity index is 581. The molecule has 2 aromatic rings. The van der Waals surface area contributed by atoms with Crippen LogP contribution in [0.25, 0.3) is 11.3 Å². The molecule has 0 aliphatic rings. The highest BCUT2D eigenvalue weighted by molar-refractivity contribution is 7.18.